The third-order valence-corrected chi connectivity index (χ3v) is 8.24. The Morgan fingerprint density at radius 1 is 0.413 bits per heavy atom. The van der Waals surface area contributed by atoms with Gasteiger partial charge in [-0.15, -0.1) is 0 Å². The summed E-state index contributed by atoms with van der Waals surface area (Å²) >= 11 is 0. The van der Waals surface area contributed by atoms with E-state index < -0.39 is 0 Å². The van der Waals surface area contributed by atoms with E-state index in [1.165, 1.54) is 16.7 Å². The minimum Gasteiger partial charge on any atom is -0.398 e. The molecule has 0 radical (unpaired) electrons. The van der Waals surface area contributed by atoms with Crippen LogP contribution in [0.3, 0.4) is 0 Å². The molecule has 2 heteroatoms. The molecule has 0 heterocycles. The first kappa shape index (κ1) is 28.6. The van der Waals surface area contributed by atoms with Crippen molar-refractivity contribution < 1.29 is 0 Å². The highest BCUT2D eigenvalue weighted by atomic mass is 15.1. The van der Waals surface area contributed by atoms with Gasteiger partial charge in [-0.1, -0.05) is 146 Å². The number of nitrogen functional groups attached to an aromatic ring is 1. The number of anilines is 4. The first-order valence-electron chi connectivity index (χ1n) is 15.6. The Balaban J connectivity index is 1.23. The van der Waals surface area contributed by atoms with E-state index in [0.29, 0.717) is 0 Å². The van der Waals surface area contributed by atoms with Crippen molar-refractivity contribution in [1.82, 2.24) is 0 Å². The third kappa shape index (κ3) is 6.10. The summed E-state index contributed by atoms with van der Waals surface area (Å²) in [6.07, 6.45) is 2.26. The molecule has 0 saturated heterocycles. The van der Waals surface area contributed by atoms with Gasteiger partial charge in [0.2, 0.25) is 0 Å². The van der Waals surface area contributed by atoms with Gasteiger partial charge in [0.05, 0.1) is 0 Å². The molecule has 0 aliphatic heterocycles. The van der Waals surface area contributed by atoms with Gasteiger partial charge in [0.1, 0.15) is 0 Å². The van der Waals surface area contributed by atoms with Gasteiger partial charge < -0.3 is 10.6 Å². The van der Waals surface area contributed by atoms with E-state index in [4.69, 9.17) is 5.73 Å². The van der Waals surface area contributed by atoms with Crippen LogP contribution in [0.1, 0.15) is 16.7 Å². The first-order valence-corrected chi connectivity index (χ1v) is 15.6. The molecule has 0 amide bonds. The van der Waals surface area contributed by atoms with Crippen molar-refractivity contribution in [2.75, 3.05) is 10.6 Å². The maximum atomic E-state index is 6.68. The molecule has 46 heavy (non-hydrogen) atoms. The van der Waals surface area contributed by atoms with Crippen LogP contribution in [-0.4, -0.2) is 0 Å². The van der Waals surface area contributed by atoms with Gasteiger partial charge >= 0.3 is 0 Å². The van der Waals surface area contributed by atoms with Gasteiger partial charge in [0, 0.05) is 28.3 Å². The summed E-state index contributed by atoms with van der Waals surface area (Å²) in [6.45, 7) is 0. The second-order valence-corrected chi connectivity index (χ2v) is 11.2. The van der Waals surface area contributed by atoms with E-state index >= 15 is 0 Å². The Hall–Kier alpha value is -6.12. The number of rotatable bonds is 8. The molecule has 0 atom stereocenters. The van der Waals surface area contributed by atoms with Crippen molar-refractivity contribution in [2.45, 2.75) is 0 Å². The number of nitrogens with two attached hydrogens (primary N) is 1. The first-order chi connectivity index (χ1) is 22.7. The van der Waals surface area contributed by atoms with Crippen LogP contribution in [0.15, 0.2) is 188 Å². The summed E-state index contributed by atoms with van der Waals surface area (Å²) in [6, 6.07) is 65.7. The molecule has 0 aliphatic rings. The third-order valence-electron chi connectivity index (χ3n) is 8.24. The molecule has 0 spiro atoms. The van der Waals surface area contributed by atoms with E-state index in [-0.39, 0.29) is 0 Å². The van der Waals surface area contributed by atoms with Gasteiger partial charge in [-0.3, -0.25) is 0 Å². The Kier molecular flexibility index (Phi) is 8.25. The van der Waals surface area contributed by atoms with Gasteiger partial charge in [-0.05, 0) is 87.5 Å². The topological polar surface area (TPSA) is 29.3 Å². The number of hydrogen-bond donors (Lipinski definition) is 1. The standard InChI is InChI=1S/C44H34N2/c45-43-23-13-22-41(36-26-24-33(25-27-36)32-42(34-14-5-1-6-15-34)35-16-7-2-8-17-35)44(43)37-28-30-40(31-29-37)46(38-18-9-3-10-19-38)39-20-11-4-12-21-39/h1-32H,45H2. The normalized spacial score (nSPS) is 10.7. The highest BCUT2D eigenvalue weighted by molar-refractivity contribution is 5.94. The highest BCUT2D eigenvalue weighted by Crippen LogP contribution is 2.40. The van der Waals surface area contributed by atoms with Crippen LogP contribution >= 0.6 is 0 Å². The molecular weight excluding hydrogens is 556 g/mol. The zero-order valence-electron chi connectivity index (χ0n) is 25.5. The molecule has 7 aromatic carbocycles. The fraction of sp³-hybridized carbons (Fsp3) is 0. The van der Waals surface area contributed by atoms with Crippen molar-refractivity contribution in [3.05, 3.63) is 205 Å². The molecule has 0 unspecified atom stereocenters. The monoisotopic (exact) mass is 590 g/mol. The minimum atomic E-state index is 0.757. The fourth-order valence-electron chi connectivity index (χ4n) is 6.01. The molecule has 7 rings (SSSR count). The predicted octanol–water partition coefficient (Wildman–Crippen LogP) is 11.7. The minimum absolute atomic E-state index is 0.757. The lowest BCUT2D eigenvalue weighted by molar-refractivity contribution is 1.28. The molecule has 0 fully saturated rings. The zero-order valence-corrected chi connectivity index (χ0v) is 25.5. The SMILES string of the molecule is Nc1cccc(-c2ccc(C=C(c3ccccc3)c3ccccc3)cc2)c1-c1ccc(N(c2ccccc2)c2ccccc2)cc1. The summed E-state index contributed by atoms with van der Waals surface area (Å²) in [5.74, 6) is 0. The van der Waals surface area contributed by atoms with E-state index in [2.05, 4.69) is 175 Å². The average molecular weight is 591 g/mol. The van der Waals surface area contributed by atoms with Crippen molar-refractivity contribution >= 4 is 34.4 Å². The van der Waals surface area contributed by atoms with E-state index in [1.54, 1.807) is 0 Å². The van der Waals surface area contributed by atoms with Gasteiger partial charge in [-0.25, -0.2) is 0 Å². The average Bonchev–Trinajstić information content (AvgIpc) is 3.13. The second-order valence-electron chi connectivity index (χ2n) is 11.2. The molecule has 0 bridgehead atoms. The van der Waals surface area contributed by atoms with E-state index in [9.17, 15) is 0 Å². The van der Waals surface area contributed by atoms with E-state index in [0.717, 1.165) is 50.6 Å². The van der Waals surface area contributed by atoms with Gasteiger partial charge in [-0.2, -0.15) is 0 Å². The lowest BCUT2D eigenvalue weighted by Crippen LogP contribution is -2.09. The Morgan fingerprint density at radius 2 is 0.870 bits per heavy atom. The Bertz CT molecular complexity index is 1970. The molecule has 0 aliphatic carbocycles. The summed E-state index contributed by atoms with van der Waals surface area (Å²) in [4.78, 5) is 2.27. The second kappa shape index (κ2) is 13.3. The maximum Gasteiger partial charge on any atom is 0.0462 e. The van der Waals surface area contributed by atoms with Gasteiger partial charge in [0.15, 0.2) is 0 Å². The zero-order chi connectivity index (χ0) is 31.1. The maximum absolute atomic E-state index is 6.68. The molecule has 0 saturated carbocycles. The predicted molar refractivity (Wildman–Crippen MR) is 196 cm³/mol. The number of benzene rings is 7. The van der Waals surface area contributed by atoms with Crippen LogP contribution in [0.25, 0.3) is 33.9 Å². The van der Waals surface area contributed by atoms with Crippen molar-refractivity contribution in [3.63, 3.8) is 0 Å². The van der Waals surface area contributed by atoms with Crippen LogP contribution < -0.4 is 10.6 Å². The molecule has 7 aromatic rings. The molecular formula is C44H34N2. The lowest BCUT2D eigenvalue weighted by atomic mass is 9.91. The Morgan fingerprint density at radius 3 is 1.39 bits per heavy atom. The van der Waals surface area contributed by atoms with Crippen molar-refractivity contribution in [2.24, 2.45) is 0 Å². The van der Waals surface area contributed by atoms with Crippen LogP contribution in [0.2, 0.25) is 0 Å². The quantitative estimate of drug-likeness (QED) is 0.141. The number of para-hydroxylation sites is 2. The van der Waals surface area contributed by atoms with Crippen molar-refractivity contribution in [3.8, 4) is 22.3 Å². The molecule has 0 aromatic heterocycles. The Labute approximate surface area is 271 Å². The summed E-state index contributed by atoms with van der Waals surface area (Å²) in [5, 5.41) is 0. The van der Waals surface area contributed by atoms with Gasteiger partial charge in [0.25, 0.3) is 0 Å². The fourth-order valence-corrected chi connectivity index (χ4v) is 6.01. The van der Waals surface area contributed by atoms with Crippen LogP contribution in [-0.2, 0) is 0 Å². The summed E-state index contributed by atoms with van der Waals surface area (Å²) < 4.78 is 0. The van der Waals surface area contributed by atoms with E-state index in [1.807, 2.05) is 24.3 Å². The van der Waals surface area contributed by atoms with Crippen LogP contribution in [0.4, 0.5) is 22.7 Å². The molecule has 2 nitrogen and oxygen atoms in total. The summed E-state index contributed by atoms with van der Waals surface area (Å²) in [5.41, 5.74) is 19.8. The molecule has 220 valence electrons. The molecule has 2 N–H and O–H groups in total. The van der Waals surface area contributed by atoms with Crippen LogP contribution in [0, 0.1) is 0 Å². The summed E-state index contributed by atoms with van der Waals surface area (Å²) in [7, 11) is 0. The van der Waals surface area contributed by atoms with Crippen molar-refractivity contribution in [1.29, 1.82) is 0 Å². The highest BCUT2D eigenvalue weighted by Gasteiger charge is 2.15. The largest absolute Gasteiger partial charge is 0.398 e. The lowest BCUT2D eigenvalue weighted by Gasteiger charge is -2.25. The number of nitrogens with zero attached hydrogens (tertiary/aromatic N) is 1. The smallest absolute Gasteiger partial charge is 0.0462 e. The number of hydrogen-bond acceptors (Lipinski definition) is 2. The van der Waals surface area contributed by atoms with Crippen LogP contribution in [0.5, 0.6) is 0 Å².